The molecule has 1 aromatic heterocycles. The van der Waals surface area contributed by atoms with Gasteiger partial charge < -0.3 is 5.32 Å². The molecule has 0 fully saturated rings. The minimum atomic E-state index is -4.23. The van der Waals surface area contributed by atoms with Gasteiger partial charge in [0.15, 0.2) is 0 Å². The molecule has 0 saturated heterocycles. The maximum absolute atomic E-state index is 12.2. The predicted octanol–water partition coefficient (Wildman–Crippen LogP) is 5.27. The van der Waals surface area contributed by atoms with Gasteiger partial charge in [0.05, 0.1) is 0 Å². The molecule has 1 heterocycles. The summed E-state index contributed by atoms with van der Waals surface area (Å²) < 4.78 is 36.7. The molecule has 0 bridgehead atoms. The Bertz CT molecular complexity index is 568. The van der Waals surface area contributed by atoms with Crippen LogP contribution < -0.4 is 5.32 Å². The average molecular weight is 331 g/mol. The van der Waals surface area contributed by atoms with E-state index in [9.17, 15) is 13.2 Å². The fourth-order valence-corrected chi connectivity index (χ4v) is 3.44. The van der Waals surface area contributed by atoms with Gasteiger partial charge in [0.25, 0.3) is 0 Å². The maximum atomic E-state index is 12.2. The number of hydrogen-bond acceptors (Lipinski definition) is 3. The molecule has 21 heavy (non-hydrogen) atoms. The van der Waals surface area contributed by atoms with Crippen molar-refractivity contribution in [1.29, 1.82) is 0 Å². The minimum Gasteiger partial charge on any atom is -0.308 e. The van der Waals surface area contributed by atoms with Crippen LogP contribution in [0.15, 0.2) is 35.2 Å². The normalized spacial score (nSPS) is 11.9. The lowest BCUT2D eigenvalue weighted by molar-refractivity contribution is -0.0328. The van der Waals surface area contributed by atoms with E-state index in [-0.39, 0.29) is 16.7 Å². The van der Waals surface area contributed by atoms with Crippen LogP contribution >= 0.6 is 23.1 Å². The summed E-state index contributed by atoms with van der Waals surface area (Å²) in [6.07, 6.45) is 0. The Morgan fingerprint density at radius 1 is 1.10 bits per heavy atom. The first-order valence-electron chi connectivity index (χ1n) is 6.45. The van der Waals surface area contributed by atoms with Gasteiger partial charge in [-0.2, -0.15) is 13.2 Å². The van der Waals surface area contributed by atoms with Crippen molar-refractivity contribution in [3.63, 3.8) is 0 Å². The molecule has 0 saturated carbocycles. The molecule has 0 aliphatic rings. The molecule has 2 aromatic rings. The number of rotatable bonds is 5. The fourth-order valence-electron chi connectivity index (χ4n) is 1.88. The molecule has 1 nitrogen and oxygen atoms in total. The summed E-state index contributed by atoms with van der Waals surface area (Å²) in [4.78, 5) is 2.81. The Morgan fingerprint density at radius 3 is 2.29 bits per heavy atom. The van der Waals surface area contributed by atoms with E-state index in [1.54, 1.807) is 23.5 Å². The zero-order valence-electron chi connectivity index (χ0n) is 11.8. The second kappa shape index (κ2) is 6.85. The lowest BCUT2D eigenvalue weighted by Gasteiger charge is -2.07. The van der Waals surface area contributed by atoms with Crippen molar-refractivity contribution in [2.75, 3.05) is 0 Å². The van der Waals surface area contributed by atoms with E-state index in [1.807, 2.05) is 0 Å². The number of hydrogen-bond donors (Lipinski definition) is 1. The van der Waals surface area contributed by atoms with Gasteiger partial charge in [-0.15, -0.1) is 11.3 Å². The third-order valence-corrected chi connectivity index (χ3v) is 4.89. The molecule has 0 amide bonds. The van der Waals surface area contributed by atoms with Crippen LogP contribution in [0.1, 0.15) is 20.9 Å². The molecule has 2 rings (SSSR count). The van der Waals surface area contributed by atoms with Gasteiger partial charge in [0, 0.05) is 27.7 Å². The molecule has 0 atom stereocenters. The first-order chi connectivity index (χ1) is 9.83. The van der Waals surface area contributed by atoms with Crippen LogP contribution in [-0.2, 0) is 13.1 Å². The Kier molecular flexibility index (Phi) is 5.35. The van der Waals surface area contributed by atoms with E-state index >= 15 is 0 Å². The fraction of sp³-hybridized carbons (Fsp3) is 0.333. The van der Waals surface area contributed by atoms with E-state index < -0.39 is 5.51 Å². The standard InChI is InChI=1S/C15H16F3NS2/c1-10-7-14(20-11(10)2)9-19-8-12-3-5-13(6-4-12)21-15(16,17)18/h3-7,19H,8-9H2,1-2H3. The smallest absolute Gasteiger partial charge is 0.308 e. The van der Waals surface area contributed by atoms with E-state index in [4.69, 9.17) is 0 Å². The first-order valence-corrected chi connectivity index (χ1v) is 8.08. The third kappa shape index (κ3) is 5.37. The molecule has 114 valence electrons. The van der Waals surface area contributed by atoms with Crippen molar-refractivity contribution in [2.45, 2.75) is 37.3 Å². The maximum Gasteiger partial charge on any atom is 0.446 e. The van der Waals surface area contributed by atoms with Gasteiger partial charge >= 0.3 is 5.51 Å². The van der Waals surface area contributed by atoms with Crippen LogP contribution in [0.4, 0.5) is 13.2 Å². The van der Waals surface area contributed by atoms with Crippen LogP contribution in [-0.4, -0.2) is 5.51 Å². The Labute approximate surface area is 130 Å². The number of alkyl halides is 3. The number of thioether (sulfide) groups is 1. The van der Waals surface area contributed by atoms with Crippen LogP contribution in [0.2, 0.25) is 0 Å². The zero-order valence-corrected chi connectivity index (χ0v) is 13.4. The molecule has 0 spiro atoms. The topological polar surface area (TPSA) is 12.0 Å². The Morgan fingerprint density at radius 2 is 1.76 bits per heavy atom. The largest absolute Gasteiger partial charge is 0.446 e. The first kappa shape index (κ1) is 16.4. The Balaban J connectivity index is 1.83. The average Bonchev–Trinajstić information content (AvgIpc) is 2.69. The Hall–Kier alpha value is -0.980. The van der Waals surface area contributed by atoms with Crippen LogP contribution in [0, 0.1) is 13.8 Å². The summed E-state index contributed by atoms with van der Waals surface area (Å²) in [5, 5.41) is 3.31. The van der Waals surface area contributed by atoms with Gasteiger partial charge in [-0.25, -0.2) is 0 Å². The van der Waals surface area contributed by atoms with Crippen LogP contribution in [0.25, 0.3) is 0 Å². The number of aryl methyl sites for hydroxylation is 2. The third-order valence-electron chi connectivity index (χ3n) is 3.00. The number of benzene rings is 1. The van der Waals surface area contributed by atoms with Gasteiger partial charge in [0.1, 0.15) is 0 Å². The molecule has 0 aliphatic carbocycles. The van der Waals surface area contributed by atoms with Crippen molar-refractivity contribution in [3.05, 3.63) is 51.2 Å². The van der Waals surface area contributed by atoms with Gasteiger partial charge in [-0.05, 0) is 54.9 Å². The molecule has 0 aliphatic heterocycles. The van der Waals surface area contributed by atoms with Gasteiger partial charge in [-0.1, -0.05) is 12.1 Å². The second-order valence-corrected chi connectivity index (χ2v) is 7.23. The highest BCUT2D eigenvalue weighted by atomic mass is 32.2. The van der Waals surface area contributed by atoms with E-state index in [2.05, 4.69) is 25.2 Å². The van der Waals surface area contributed by atoms with Crippen molar-refractivity contribution in [1.82, 2.24) is 5.32 Å². The lowest BCUT2D eigenvalue weighted by Crippen LogP contribution is -2.11. The number of thiophene rings is 1. The minimum absolute atomic E-state index is 0.0842. The molecule has 0 unspecified atom stereocenters. The molecule has 0 radical (unpaired) electrons. The van der Waals surface area contributed by atoms with Crippen molar-refractivity contribution >= 4 is 23.1 Å². The SMILES string of the molecule is Cc1cc(CNCc2ccc(SC(F)(F)F)cc2)sc1C. The van der Waals surface area contributed by atoms with Crippen molar-refractivity contribution < 1.29 is 13.2 Å². The zero-order chi connectivity index (χ0) is 15.5. The van der Waals surface area contributed by atoms with E-state index in [1.165, 1.54) is 27.5 Å². The monoisotopic (exact) mass is 331 g/mol. The highest BCUT2D eigenvalue weighted by molar-refractivity contribution is 8.00. The van der Waals surface area contributed by atoms with E-state index in [0.29, 0.717) is 6.54 Å². The summed E-state index contributed by atoms with van der Waals surface area (Å²) in [5.41, 5.74) is -1.95. The van der Waals surface area contributed by atoms with Gasteiger partial charge in [-0.3, -0.25) is 0 Å². The summed E-state index contributed by atoms with van der Waals surface area (Å²) in [6.45, 7) is 5.61. The van der Waals surface area contributed by atoms with E-state index in [0.717, 1.165) is 12.1 Å². The quantitative estimate of drug-likeness (QED) is 0.749. The molecule has 6 heteroatoms. The molecular formula is C15H16F3NS2. The van der Waals surface area contributed by atoms with Crippen LogP contribution in [0.3, 0.4) is 0 Å². The predicted molar refractivity (Wildman–Crippen MR) is 82.7 cm³/mol. The van der Waals surface area contributed by atoms with Crippen molar-refractivity contribution in [3.8, 4) is 0 Å². The molecule has 1 aromatic carbocycles. The number of halogens is 3. The van der Waals surface area contributed by atoms with Gasteiger partial charge in [0.2, 0.25) is 0 Å². The second-order valence-electron chi connectivity index (χ2n) is 4.75. The molecule has 1 N–H and O–H groups in total. The number of nitrogens with one attached hydrogen (secondary N) is 1. The lowest BCUT2D eigenvalue weighted by atomic mass is 10.2. The highest BCUT2D eigenvalue weighted by Crippen LogP contribution is 2.36. The summed E-state index contributed by atoms with van der Waals surface area (Å²) in [5.74, 6) is 0. The summed E-state index contributed by atoms with van der Waals surface area (Å²) in [7, 11) is 0. The summed E-state index contributed by atoms with van der Waals surface area (Å²) >= 11 is 1.68. The van der Waals surface area contributed by atoms with Crippen LogP contribution in [0.5, 0.6) is 0 Å². The highest BCUT2D eigenvalue weighted by Gasteiger charge is 2.28. The molecular weight excluding hydrogens is 315 g/mol. The summed E-state index contributed by atoms with van der Waals surface area (Å²) in [6, 6.07) is 8.64. The van der Waals surface area contributed by atoms with Crippen molar-refractivity contribution in [2.24, 2.45) is 0 Å².